The Morgan fingerprint density at radius 1 is 1.23 bits per heavy atom. The Balaban J connectivity index is 1.94. The number of benzene rings is 1. The molecule has 8 heteroatoms. The standard InChI is InChI=1S/C18H20N2O6/c1-11(2)26-15(22)10-25-17(24)18-9-8-14(21)20(18)13-7-5-4-6-12(13)16(23)19(18)3/h4-7,11H,8-10H2,1-3H3/t18-/m0/s1. The van der Waals surface area contributed by atoms with Crippen LogP contribution in [0.1, 0.15) is 37.0 Å². The van der Waals surface area contributed by atoms with Crippen LogP contribution in [-0.4, -0.2) is 54.1 Å². The van der Waals surface area contributed by atoms with Gasteiger partial charge in [-0.05, 0) is 26.0 Å². The number of ether oxygens (including phenoxy) is 2. The lowest BCUT2D eigenvalue weighted by Gasteiger charge is -2.46. The molecule has 0 aromatic heterocycles. The smallest absolute Gasteiger partial charge is 0.354 e. The minimum absolute atomic E-state index is 0.0947. The average Bonchev–Trinajstić information content (AvgIpc) is 2.96. The Morgan fingerprint density at radius 2 is 1.92 bits per heavy atom. The van der Waals surface area contributed by atoms with Gasteiger partial charge in [0.2, 0.25) is 11.6 Å². The number of nitrogens with zero attached hydrogens (tertiary/aromatic N) is 2. The molecule has 1 aromatic rings. The van der Waals surface area contributed by atoms with Crippen molar-refractivity contribution in [2.24, 2.45) is 0 Å². The molecule has 3 rings (SSSR count). The van der Waals surface area contributed by atoms with Gasteiger partial charge >= 0.3 is 11.9 Å². The number of hydrogen-bond acceptors (Lipinski definition) is 6. The van der Waals surface area contributed by atoms with E-state index < -0.39 is 24.2 Å². The first-order valence-corrected chi connectivity index (χ1v) is 8.36. The first-order chi connectivity index (χ1) is 12.3. The maximum absolute atomic E-state index is 12.9. The molecule has 0 spiro atoms. The highest BCUT2D eigenvalue weighted by Crippen LogP contribution is 2.44. The minimum Gasteiger partial charge on any atom is -0.460 e. The highest BCUT2D eigenvalue weighted by Gasteiger charge is 2.60. The quantitative estimate of drug-likeness (QED) is 0.746. The normalized spacial score (nSPS) is 21.5. The van der Waals surface area contributed by atoms with Gasteiger partial charge in [0.05, 0.1) is 17.4 Å². The molecule has 2 aliphatic heterocycles. The van der Waals surface area contributed by atoms with Crippen molar-refractivity contribution >= 4 is 29.4 Å². The summed E-state index contributed by atoms with van der Waals surface area (Å²) in [4.78, 5) is 52.3. The zero-order chi connectivity index (χ0) is 19.1. The molecule has 1 atom stereocenters. The number of para-hydroxylation sites is 1. The van der Waals surface area contributed by atoms with Gasteiger partial charge in [-0.3, -0.25) is 14.5 Å². The second-order valence-corrected chi connectivity index (χ2v) is 6.54. The monoisotopic (exact) mass is 360 g/mol. The third-order valence-corrected chi connectivity index (χ3v) is 4.56. The number of fused-ring (bicyclic) bond motifs is 3. The van der Waals surface area contributed by atoms with E-state index in [9.17, 15) is 19.2 Å². The molecule has 0 unspecified atom stereocenters. The van der Waals surface area contributed by atoms with Crippen molar-refractivity contribution in [3.8, 4) is 0 Å². The van der Waals surface area contributed by atoms with Crippen LogP contribution in [0, 0.1) is 0 Å². The van der Waals surface area contributed by atoms with E-state index in [1.807, 2.05) is 0 Å². The number of esters is 2. The lowest BCUT2D eigenvalue weighted by molar-refractivity contribution is -0.167. The number of rotatable bonds is 4. The van der Waals surface area contributed by atoms with Crippen LogP contribution in [0.25, 0.3) is 0 Å². The molecule has 26 heavy (non-hydrogen) atoms. The zero-order valence-electron chi connectivity index (χ0n) is 14.9. The van der Waals surface area contributed by atoms with Crippen molar-refractivity contribution in [1.82, 2.24) is 4.90 Å². The van der Waals surface area contributed by atoms with E-state index in [1.54, 1.807) is 38.1 Å². The van der Waals surface area contributed by atoms with Crippen molar-refractivity contribution in [1.29, 1.82) is 0 Å². The van der Waals surface area contributed by atoms with E-state index >= 15 is 0 Å². The first-order valence-electron chi connectivity index (χ1n) is 8.36. The summed E-state index contributed by atoms with van der Waals surface area (Å²) in [5.41, 5.74) is -0.867. The van der Waals surface area contributed by atoms with Crippen molar-refractivity contribution in [2.75, 3.05) is 18.6 Å². The zero-order valence-corrected chi connectivity index (χ0v) is 14.9. The van der Waals surface area contributed by atoms with Crippen LogP contribution in [-0.2, 0) is 23.9 Å². The molecule has 0 saturated carbocycles. The summed E-state index contributed by atoms with van der Waals surface area (Å²) in [5, 5.41) is 0. The van der Waals surface area contributed by atoms with Crippen molar-refractivity contribution in [3.05, 3.63) is 29.8 Å². The van der Waals surface area contributed by atoms with E-state index in [4.69, 9.17) is 9.47 Å². The van der Waals surface area contributed by atoms with E-state index in [1.165, 1.54) is 16.8 Å². The van der Waals surface area contributed by atoms with Gasteiger partial charge in [-0.2, -0.15) is 0 Å². The van der Waals surface area contributed by atoms with Gasteiger partial charge in [-0.15, -0.1) is 0 Å². The molecule has 1 fully saturated rings. The van der Waals surface area contributed by atoms with E-state index in [2.05, 4.69) is 0 Å². The Labute approximate surface area is 150 Å². The van der Waals surface area contributed by atoms with Gasteiger partial charge in [0.25, 0.3) is 5.91 Å². The Bertz CT molecular complexity index is 790. The van der Waals surface area contributed by atoms with E-state index in [0.717, 1.165) is 0 Å². The number of likely N-dealkylation sites (N-methyl/N-ethyl adjacent to an activating group) is 1. The lowest BCUT2D eigenvalue weighted by atomic mass is 9.97. The SMILES string of the molecule is CC(C)OC(=O)COC(=O)[C@]12CCC(=O)N1c1ccccc1C(=O)N2C. The predicted molar refractivity (Wildman–Crippen MR) is 90.2 cm³/mol. The summed E-state index contributed by atoms with van der Waals surface area (Å²) < 4.78 is 10.1. The van der Waals surface area contributed by atoms with Gasteiger partial charge < -0.3 is 14.4 Å². The average molecular weight is 360 g/mol. The molecule has 1 saturated heterocycles. The maximum Gasteiger partial charge on any atom is 0.354 e. The third-order valence-electron chi connectivity index (χ3n) is 4.56. The molecule has 0 aliphatic carbocycles. The van der Waals surface area contributed by atoms with Crippen molar-refractivity contribution < 1.29 is 28.7 Å². The van der Waals surface area contributed by atoms with Gasteiger partial charge in [0.1, 0.15) is 0 Å². The van der Waals surface area contributed by atoms with Crippen LogP contribution in [0.5, 0.6) is 0 Å². The largest absolute Gasteiger partial charge is 0.460 e. The summed E-state index contributed by atoms with van der Waals surface area (Å²) in [5.74, 6) is -2.17. The number of anilines is 1. The summed E-state index contributed by atoms with van der Waals surface area (Å²) >= 11 is 0. The lowest BCUT2D eigenvalue weighted by Crippen LogP contribution is -2.67. The van der Waals surface area contributed by atoms with Crippen molar-refractivity contribution in [3.63, 3.8) is 0 Å². The summed E-state index contributed by atoms with van der Waals surface area (Å²) in [6.07, 6.45) is -0.146. The van der Waals surface area contributed by atoms with Crippen LogP contribution >= 0.6 is 0 Å². The molecule has 2 amide bonds. The number of amides is 2. The van der Waals surface area contributed by atoms with Crippen LogP contribution < -0.4 is 4.90 Å². The molecule has 2 aliphatic rings. The number of carbonyl (C=O) groups excluding carboxylic acids is 4. The Kier molecular flexibility index (Phi) is 4.43. The second kappa shape index (κ2) is 6.44. The topological polar surface area (TPSA) is 93.2 Å². The fourth-order valence-electron chi connectivity index (χ4n) is 3.43. The van der Waals surface area contributed by atoms with Crippen LogP contribution in [0.15, 0.2) is 24.3 Å². The summed E-state index contributed by atoms with van der Waals surface area (Å²) in [6, 6.07) is 6.62. The van der Waals surface area contributed by atoms with Gasteiger partial charge in [0.15, 0.2) is 6.61 Å². The minimum atomic E-state index is -1.58. The van der Waals surface area contributed by atoms with E-state index in [0.29, 0.717) is 11.3 Å². The molecule has 8 nitrogen and oxygen atoms in total. The van der Waals surface area contributed by atoms with Gasteiger partial charge in [-0.1, -0.05) is 12.1 Å². The van der Waals surface area contributed by atoms with E-state index in [-0.39, 0.29) is 30.8 Å². The molecular formula is C18H20N2O6. The second-order valence-electron chi connectivity index (χ2n) is 6.54. The fourth-order valence-corrected chi connectivity index (χ4v) is 3.43. The summed E-state index contributed by atoms with van der Waals surface area (Å²) in [6.45, 7) is 2.78. The van der Waals surface area contributed by atoms with Crippen LogP contribution in [0.4, 0.5) is 5.69 Å². The maximum atomic E-state index is 12.9. The number of carbonyl (C=O) groups is 4. The highest BCUT2D eigenvalue weighted by molar-refractivity contribution is 6.15. The molecule has 0 radical (unpaired) electrons. The molecule has 138 valence electrons. The fraction of sp³-hybridized carbons (Fsp3) is 0.444. The molecule has 0 N–H and O–H groups in total. The first kappa shape index (κ1) is 17.9. The van der Waals surface area contributed by atoms with Crippen molar-refractivity contribution in [2.45, 2.75) is 38.5 Å². The molecule has 0 bridgehead atoms. The third kappa shape index (κ3) is 2.61. The highest BCUT2D eigenvalue weighted by atomic mass is 16.6. The number of hydrogen-bond donors (Lipinski definition) is 0. The van der Waals surface area contributed by atoms with Crippen LogP contribution in [0.3, 0.4) is 0 Å². The Morgan fingerprint density at radius 3 is 2.62 bits per heavy atom. The molecule has 1 aromatic carbocycles. The molecular weight excluding hydrogens is 340 g/mol. The van der Waals surface area contributed by atoms with Crippen LogP contribution in [0.2, 0.25) is 0 Å². The van der Waals surface area contributed by atoms with Gasteiger partial charge in [-0.25, -0.2) is 9.59 Å². The Hall–Kier alpha value is -2.90. The van der Waals surface area contributed by atoms with Gasteiger partial charge in [0, 0.05) is 19.9 Å². The summed E-state index contributed by atoms with van der Waals surface area (Å²) in [7, 11) is 1.46. The molecule has 2 heterocycles. The predicted octanol–water partition coefficient (Wildman–Crippen LogP) is 1.09.